The number of piperidine rings is 2. The van der Waals surface area contributed by atoms with Gasteiger partial charge in [-0.15, -0.1) is 0 Å². The lowest BCUT2D eigenvalue weighted by atomic mass is 9.97. The number of hydrogen-bond acceptors (Lipinski definition) is 6. The van der Waals surface area contributed by atoms with Gasteiger partial charge in [0, 0.05) is 50.0 Å². The quantitative estimate of drug-likeness (QED) is 0.700. The van der Waals surface area contributed by atoms with Crippen LogP contribution in [0.5, 0.6) is 5.75 Å². The van der Waals surface area contributed by atoms with E-state index in [1.165, 1.54) is 0 Å². The average Bonchev–Trinajstić information content (AvgIpc) is 3.29. The third-order valence-corrected chi connectivity index (χ3v) is 6.48. The number of pyridine rings is 1. The Kier molecular flexibility index (Phi) is 5.71. The molecule has 1 aromatic carbocycles. The molecule has 6 nitrogen and oxygen atoms in total. The molecule has 158 valence electrons. The summed E-state index contributed by atoms with van der Waals surface area (Å²) < 4.78 is 11.6. The molecule has 0 radical (unpaired) electrons. The van der Waals surface area contributed by atoms with Crippen molar-refractivity contribution in [2.75, 3.05) is 26.2 Å². The van der Waals surface area contributed by atoms with Crippen LogP contribution in [-0.4, -0.2) is 64.3 Å². The zero-order valence-electron chi connectivity index (χ0n) is 17.2. The van der Waals surface area contributed by atoms with Gasteiger partial charge in [-0.25, -0.2) is 0 Å². The highest BCUT2D eigenvalue weighted by molar-refractivity contribution is 5.82. The van der Waals surface area contributed by atoms with Crippen molar-refractivity contribution in [3.8, 4) is 5.75 Å². The van der Waals surface area contributed by atoms with Gasteiger partial charge in [-0.2, -0.15) is 0 Å². The Morgan fingerprint density at radius 1 is 1.07 bits per heavy atom. The second-order valence-corrected chi connectivity index (χ2v) is 8.48. The van der Waals surface area contributed by atoms with Gasteiger partial charge in [0.15, 0.2) is 0 Å². The SMILES string of the molecule is O[C@@H]1CN(C2CCN(Cc3ccco3)CC2)CC[C@H]1Oc1ccc2ccncc2c1. The van der Waals surface area contributed by atoms with Gasteiger partial charge in [0.05, 0.1) is 12.8 Å². The van der Waals surface area contributed by atoms with Crippen molar-refractivity contribution in [2.24, 2.45) is 0 Å². The van der Waals surface area contributed by atoms with E-state index >= 15 is 0 Å². The smallest absolute Gasteiger partial charge is 0.127 e. The van der Waals surface area contributed by atoms with Gasteiger partial charge in [0.25, 0.3) is 0 Å². The summed E-state index contributed by atoms with van der Waals surface area (Å²) >= 11 is 0. The van der Waals surface area contributed by atoms with E-state index in [1.807, 2.05) is 42.6 Å². The summed E-state index contributed by atoms with van der Waals surface area (Å²) in [7, 11) is 0. The molecule has 4 heterocycles. The number of aromatic nitrogens is 1. The molecule has 0 saturated carbocycles. The maximum absolute atomic E-state index is 10.8. The Morgan fingerprint density at radius 3 is 2.77 bits per heavy atom. The van der Waals surface area contributed by atoms with Crippen molar-refractivity contribution in [3.63, 3.8) is 0 Å². The van der Waals surface area contributed by atoms with E-state index in [2.05, 4.69) is 14.8 Å². The van der Waals surface area contributed by atoms with Crippen molar-refractivity contribution >= 4 is 10.8 Å². The highest BCUT2D eigenvalue weighted by Gasteiger charge is 2.34. The van der Waals surface area contributed by atoms with E-state index in [1.54, 1.807) is 12.5 Å². The normalized spacial score (nSPS) is 24.3. The number of likely N-dealkylation sites (tertiary alicyclic amines) is 2. The first-order valence-corrected chi connectivity index (χ1v) is 10.9. The van der Waals surface area contributed by atoms with E-state index < -0.39 is 6.10 Å². The lowest BCUT2D eigenvalue weighted by Gasteiger charge is -2.43. The van der Waals surface area contributed by atoms with Crippen LogP contribution in [0.4, 0.5) is 0 Å². The Morgan fingerprint density at radius 2 is 1.97 bits per heavy atom. The van der Waals surface area contributed by atoms with Crippen molar-refractivity contribution in [1.29, 1.82) is 0 Å². The van der Waals surface area contributed by atoms with Crippen LogP contribution in [0.25, 0.3) is 10.8 Å². The third kappa shape index (κ3) is 4.36. The predicted octanol–water partition coefficient (Wildman–Crippen LogP) is 3.31. The van der Waals surface area contributed by atoms with E-state index in [0.717, 1.165) is 67.7 Å². The summed E-state index contributed by atoms with van der Waals surface area (Å²) in [4.78, 5) is 9.10. The van der Waals surface area contributed by atoms with Crippen LogP contribution in [0.1, 0.15) is 25.0 Å². The summed E-state index contributed by atoms with van der Waals surface area (Å²) in [6.07, 6.45) is 7.87. The van der Waals surface area contributed by atoms with Crippen molar-refractivity contribution < 1.29 is 14.3 Å². The van der Waals surface area contributed by atoms with Crippen LogP contribution in [0.3, 0.4) is 0 Å². The molecular weight excluding hydrogens is 378 g/mol. The monoisotopic (exact) mass is 407 g/mol. The fraction of sp³-hybridized carbons (Fsp3) is 0.458. The molecular formula is C24H29N3O3. The first kappa shape index (κ1) is 19.5. The molecule has 0 aliphatic carbocycles. The lowest BCUT2D eigenvalue weighted by molar-refractivity contribution is -0.0451. The number of ether oxygens (including phenoxy) is 1. The summed E-state index contributed by atoms with van der Waals surface area (Å²) in [5.74, 6) is 1.84. The Hall–Kier alpha value is -2.41. The fourth-order valence-electron chi connectivity index (χ4n) is 4.78. The van der Waals surface area contributed by atoms with Crippen LogP contribution in [0.15, 0.2) is 59.5 Å². The van der Waals surface area contributed by atoms with Crippen LogP contribution < -0.4 is 4.74 Å². The number of aliphatic hydroxyl groups is 1. The summed E-state index contributed by atoms with van der Waals surface area (Å²) in [5, 5.41) is 13.0. The predicted molar refractivity (Wildman–Crippen MR) is 115 cm³/mol. The molecule has 1 N–H and O–H groups in total. The van der Waals surface area contributed by atoms with Gasteiger partial charge < -0.3 is 14.3 Å². The van der Waals surface area contributed by atoms with E-state index in [0.29, 0.717) is 12.6 Å². The van der Waals surface area contributed by atoms with Gasteiger partial charge in [0.1, 0.15) is 23.7 Å². The zero-order chi connectivity index (χ0) is 20.3. The number of fused-ring (bicyclic) bond motifs is 1. The molecule has 0 bridgehead atoms. The minimum Gasteiger partial charge on any atom is -0.488 e. The first-order valence-electron chi connectivity index (χ1n) is 10.9. The number of rotatable bonds is 5. The van der Waals surface area contributed by atoms with Crippen LogP contribution in [-0.2, 0) is 6.54 Å². The Balaban J connectivity index is 1.13. The van der Waals surface area contributed by atoms with E-state index in [4.69, 9.17) is 9.15 Å². The molecule has 0 amide bonds. The first-order chi connectivity index (χ1) is 14.7. The zero-order valence-corrected chi connectivity index (χ0v) is 17.2. The summed E-state index contributed by atoms with van der Waals surface area (Å²) in [5.41, 5.74) is 0. The Bertz CT molecular complexity index is 953. The molecule has 3 aromatic rings. The molecule has 6 heteroatoms. The van der Waals surface area contributed by atoms with Crippen LogP contribution in [0.2, 0.25) is 0 Å². The molecule has 5 rings (SSSR count). The van der Waals surface area contributed by atoms with E-state index in [9.17, 15) is 5.11 Å². The molecule has 2 aliphatic rings. The van der Waals surface area contributed by atoms with Gasteiger partial charge in [-0.05, 0) is 55.0 Å². The third-order valence-electron chi connectivity index (χ3n) is 6.48. The van der Waals surface area contributed by atoms with Gasteiger partial charge in [0.2, 0.25) is 0 Å². The standard InChI is InChI=1S/C24H29N3O3/c28-23-17-27(20-6-10-26(11-7-20)16-22-2-1-13-29-22)12-8-24(23)30-21-4-3-18-5-9-25-15-19(18)14-21/h1-5,9,13-15,20,23-24,28H,6-8,10-12,16-17H2/t23-,24-/m1/s1. The lowest BCUT2D eigenvalue weighted by Crippen LogP contribution is -2.54. The molecule has 2 aliphatic heterocycles. The molecule has 2 fully saturated rings. The second kappa shape index (κ2) is 8.76. The van der Waals surface area contributed by atoms with Gasteiger partial charge in [-0.3, -0.25) is 14.8 Å². The number of aliphatic hydroxyl groups excluding tert-OH is 1. The maximum atomic E-state index is 10.8. The van der Waals surface area contributed by atoms with Crippen LogP contribution >= 0.6 is 0 Å². The van der Waals surface area contributed by atoms with Crippen molar-refractivity contribution in [3.05, 3.63) is 60.8 Å². The number of β-amino-alcohol motifs (C(OH)–C–C–N with tert-alkyl or cyclic N) is 1. The number of benzene rings is 1. The highest BCUT2D eigenvalue weighted by Crippen LogP contribution is 2.26. The number of nitrogens with zero attached hydrogens (tertiary/aromatic N) is 3. The molecule has 2 atom stereocenters. The molecule has 2 aromatic heterocycles. The minimum atomic E-state index is -0.468. The maximum Gasteiger partial charge on any atom is 0.127 e. The Labute approximate surface area is 177 Å². The topological polar surface area (TPSA) is 62.0 Å². The van der Waals surface area contributed by atoms with Crippen molar-refractivity contribution in [2.45, 2.75) is 44.1 Å². The van der Waals surface area contributed by atoms with E-state index in [-0.39, 0.29) is 6.10 Å². The van der Waals surface area contributed by atoms with Crippen LogP contribution in [0, 0.1) is 0 Å². The van der Waals surface area contributed by atoms with Crippen molar-refractivity contribution in [1.82, 2.24) is 14.8 Å². The minimum absolute atomic E-state index is 0.158. The largest absolute Gasteiger partial charge is 0.488 e. The fourth-order valence-corrected chi connectivity index (χ4v) is 4.78. The summed E-state index contributed by atoms with van der Waals surface area (Å²) in [6, 6.07) is 12.6. The van der Waals surface area contributed by atoms with Gasteiger partial charge in [-0.1, -0.05) is 6.07 Å². The second-order valence-electron chi connectivity index (χ2n) is 8.48. The van der Waals surface area contributed by atoms with Gasteiger partial charge >= 0.3 is 0 Å². The molecule has 30 heavy (non-hydrogen) atoms. The molecule has 2 saturated heterocycles. The highest BCUT2D eigenvalue weighted by atomic mass is 16.5. The summed E-state index contributed by atoms with van der Waals surface area (Å²) in [6.45, 7) is 4.69. The number of hydrogen-bond donors (Lipinski definition) is 1. The molecule has 0 unspecified atom stereocenters. The molecule has 0 spiro atoms. The number of furan rings is 1. The average molecular weight is 408 g/mol.